The molecule has 84 valence electrons. The molecule has 0 aromatic carbocycles. The molecule has 0 aromatic rings. The van der Waals surface area contributed by atoms with Crippen molar-refractivity contribution in [2.75, 3.05) is 5.88 Å². The number of hydrogen-bond donors (Lipinski definition) is 1. The van der Waals surface area contributed by atoms with Crippen molar-refractivity contribution in [2.45, 2.75) is 47.1 Å². The van der Waals surface area contributed by atoms with Gasteiger partial charge in [0.2, 0.25) is 5.91 Å². The van der Waals surface area contributed by atoms with Gasteiger partial charge in [-0.15, -0.1) is 11.6 Å². The number of halogens is 1. The maximum atomic E-state index is 11.8. The summed E-state index contributed by atoms with van der Waals surface area (Å²) >= 11 is 5.79. The van der Waals surface area contributed by atoms with E-state index < -0.39 is 0 Å². The summed E-state index contributed by atoms with van der Waals surface area (Å²) in [5, 5.41) is 2.99. The maximum Gasteiger partial charge on any atom is 0.225 e. The number of rotatable bonds is 5. The molecule has 0 fully saturated rings. The van der Waals surface area contributed by atoms with Gasteiger partial charge in [0, 0.05) is 17.3 Å². The van der Waals surface area contributed by atoms with Crippen molar-refractivity contribution in [1.29, 1.82) is 0 Å². The molecule has 0 aliphatic heterocycles. The highest BCUT2D eigenvalue weighted by Crippen LogP contribution is 2.20. The molecule has 0 bridgehead atoms. The first kappa shape index (κ1) is 13.8. The SMILES string of the molecule is CCC(C)(C)C(=O)NC(CCl)C(C)C. The highest BCUT2D eigenvalue weighted by atomic mass is 35.5. The van der Waals surface area contributed by atoms with Crippen LogP contribution in [0.3, 0.4) is 0 Å². The second-order valence-corrected chi connectivity index (χ2v) is 5.02. The Morgan fingerprint density at radius 1 is 1.43 bits per heavy atom. The first-order chi connectivity index (χ1) is 6.35. The average Bonchev–Trinajstić information content (AvgIpc) is 2.12. The van der Waals surface area contributed by atoms with Crippen LogP contribution in [0, 0.1) is 11.3 Å². The molecule has 3 heteroatoms. The van der Waals surface area contributed by atoms with Gasteiger partial charge in [0.25, 0.3) is 0 Å². The van der Waals surface area contributed by atoms with Crippen LogP contribution in [0.15, 0.2) is 0 Å². The molecule has 0 saturated carbocycles. The molecule has 0 aliphatic rings. The summed E-state index contributed by atoms with van der Waals surface area (Å²) in [5.41, 5.74) is -0.292. The van der Waals surface area contributed by atoms with Gasteiger partial charge in [-0.25, -0.2) is 0 Å². The molecule has 2 nitrogen and oxygen atoms in total. The first-order valence-electron chi connectivity index (χ1n) is 5.22. The van der Waals surface area contributed by atoms with Gasteiger partial charge in [-0.1, -0.05) is 34.6 Å². The lowest BCUT2D eigenvalue weighted by atomic mass is 9.88. The van der Waals surface area contributed by atoms with E-state index in [1.54, 1.807) is 0 Å². The van der Waals surface area contributed by atoms with Crippen LogP contribution in [-0.2, 0) is 4.79 Å². The van der Waals surface area contributed by atoms with Crippen LogP contribution in [0.5, 0.6) is 0 Å². The summed E-state index contributed by atoms with van der Waals surface area (Å²) in [4.78, 5) is 11.8. The lowest BCUT2D eigenvalue weighted by Gasteiger charge is -2.27. The lowest BCUT2D eigenvalue weighted by Crippen LogP contribution is -2.45. The Labute approximate surface area is 92.4 Å². The summed E-state index contributed by atoms with van der Waals surface area (Å²) in [6.07, 6.45) is 0.839. The number of amides is 1. The van der Waals surface area contributed by atoms with Crippen molar-refractivity contribution in [3.05, 3.63) is 0 Å². The van der Waals surface area contributed by atoms with Gasteiger partial charge in [-0.05, 0) is 12.3 Å². The van der Waals surface area contributed by atoms with E-state index in [0.717, 1.165) is 6.42 Å². The van der Waals surface area contributed by atoms with Gasteiger partial charge < -0.3 is 5.32 Å². The molecule has 0 spiro atoms. The van der Waals surface area contributed by atoms with Crippen LogP contribution in [0.2, 0.25) is 0 Å². The van der Waals surface area contributed by atoms with Gasteiger partial charge in [-0.3, -0.25) is 4.79 Å². The molecular formula is C11H22ClNO. The Hall–Kier alpha value is -0.240. The average molecular weight is 220 g/mol. The van der Waals surface area contributed by atoms with Crippen LogP contribution in [0.4, 0.5) is 0 Å². The van der Waals surface area contributed by atoms with E-state index in [-0.39, 0.29) is 17.4 Å². The summed E-state index contributed by atoms with van der Waals surface area (Å²) in [6, 6.07) is 0.0787. The van der Waals surface area contributed by atoms with Crippen molar-refractivity contribution < 1.29 is 4.79 Å². The van der Waals surface area contributed by atoms with Crippen LogP contribution < -0.4 is 5.32 Å². The highest BCUT2D eigenvalue weighted by molar-refractivity contribution is 6.18. The van der Waals surface area contributed by atoms with E-state index in [2.05, 4.69) is 19.2 Å². The minimum Gasteiger partial charge on any atom is -0.351 e. The van der Waals surface area contributed by atoms with Crippen LogP contribution >= 0.6 is 11.6 Å². The van der Waals surface area contributed by atoms with Crippen LogP contribution in [-0.4, -0.2) is 17.8 Å². The van der Waals surface area contributed by atoms with E-state index >= 15 is 0 Å². The number of alkyl halides is 1. The van der Waals surface area contributed by atoms with Gasteiger partial charge in [0.1, 0.15) is 0 Å². The quantitative estimate of drug-likeness (QED) is 0.708. The molecule has 0 aromatic heterocycles. The third kappa shape index (κ3) is 3.87. The molecule has 0 radical (unpaired) electrons. The second kappa shape index (κ2) is 5.59. The Morgan fingerprint density at radius 3 is 2.21 bits per heavy atom. The minimum absolute atomic E-state index is 0.0787. The molecular weight excluding hydrogens is 198 g/mol. The summed E-state index contributed by atoms with van der Waals surface area (Å²) in [6.45, 7) is 10.0. The molecule has 0 heterocycles. The minimum atomic E-state index is -0.292. The molecule has 1 atom stereocenters. The Morgan fingerprint density at radius 2 is 1.93 bits per heavy atom. The monoisotopic (exact) mass is 219 g/mol. The van der Waals surface area contributed by atoms with E-state index in [4.69, 9.17) is 11.6 Å². The van der Waals surface area contributed by atoms with Gasteiger partial charge >= 0.3 is 0 Å². The first-order valence-corrected chi connectivity index (χ1v) is 5.75. The largest absolute Gasteiger partial charge is 0.351 e. The summed E-state index contributed by atoms with van der Waals surface area (Å²) in [5.74, 6) is 0.951. The third-order valence-corrected chi connectivity index (χ3v) is 3.12. The van der Waals surface area contributed by atoms with Crippen molar-refractivity contribution in [3.63, 3.8) is 0 Å². The Kier molecular flexibility index (Phi) is 5.50. The number of carbonyl (C=O) groups is 1. The smallest absolute Gasteiger partial charge is 0.225 e. The van der Waals surface area contributed by atoms with Crippen molar-refractivity contribution in [2.24, 2.45) is 11.3 Å². The zero-order valence-corrected chi connectivity index (χ0v) is 10.6. The van der Waals surface area contributed by atoms with E-state index in [9.17, 15) is 4.79 Å². The maximum absolute atomic E-state index is 11.8. The molecule has 0 rings (SSSR count). The molecule has 1 unspecified atom stereocenters. The topological polar surface area (TPSA) is 29.1 Å². The van der Waals surface area contributed by atoms with Gasteiger partial charge in [0.15, 0.2) is 0 Å². The zero-order valence-electron chi connectivity index (χ0n) is 9.86. The van der Waals surface area contributed by atoms with Gasteiger partial charge in [0.05, 0.1) is 0 Å². The van der Waals surface area contributed by atoms with Crippen LogP contribution in [0.1, 0.15) is 41.0 Å². The fourth-order valence-electron chi connectivity index (χ4n) is 0.908. The second-order valence-electron chi connectivity index (χ2n) is 4.72. The fraction of sp³-hybridized carbons (Fsp3) is 0.909. The third-order valence-electron chi connectivity index (χ3n) is 2.79. The van der Waals surface area contributed by atoms with E-state index in [1.807, 2.05) is 20.8 Å². The van der Waals surface area contributed by atoms with Crippen molar-refractivity contribution >= 4 is 17.5 Å². The van der Waals surface area contributed by atoms with Gasteiger partial charge in [-0.2, -0.15) is 0 Å². The highest BCUT2D eigenvalue weighted by Gasteiger charge is 2.27. The standard InChI is InChI=1S/C11H22ClNO/c1-6-11(4,5)10(14)13-9(7-12)8(2)3/h8-9H,6-7H2,1-5H3,(H,13,14). The Bertz CT molecular complexity index is 190. The molecule has 0 saturated heterocycles. The predicted octanol–water partition coefficient (Wildman–Crippen LogP) is 2.80. The Balaban J connectivity index is 4.30. The van der Waals surface area contributed by atoms with E-state index in [1.165, 1.54) is 0 Å². The zero-order chi connectivity index (χ0) is 11.4. The normalized spacial score (nSPS) is 14.2. The molecule has 1 amide bonds. The van der Waals surface area contributed by atoms with Crippen molar-refractivity contribution in [3.8, 4) is 0 Å². The molecule has 14 heavy (non-hydrogen) atoms. The number of nitrogens with one attached hydrogen (secondary N) is 1. The summed E-state index contributed by atoms with van der Waals surface area (Å²) in [7, 11) is 0. The molecule has 0 aliphatic carbocycles. The molecule has 1 N–H and O–H groups in total. The number of hydrogen-bond acceptors (Lipinski definition) is 1. The summed E-state index contributed by atoms with van der Waals surface area (Å²) < 4.78 is 0. The fourth-order valence-corrected chi connectivity index (χ4v) is 1.34. The van der Waals surface area contributed by atoms with E-state index in [0.29, 0.717) is 11.8 Å². The number of carbonyl (C=O) groups excluding carboxylic acids is 1. The van der Waals surface area contributed by atoms with Crippen molar-refractivity contribution in [1.82, 2.24) is 5.32 Å². The predicted molar refractivity (Wildman–Crippen MR) is 61.6 cm³/mol. The lowest BCUT2D eigenvalue weighted by molar-refractivity contribution is -0.130. The van der Waals surface area contributed by atoms with Crippen LogP contribution in [0.25, 0.3) is 0 Å².